The molecule has 0 fully saturated rings. The lowest BCUT2D eigenvalue weighted by Gasteiger charge is -2.27. The van der Waals surface area contributed by atoms with Crippen molar-refractivity contribution in [1.82, 2.24) is 29.4 Å². The fourth-order valence-corrected chi connectivity index (χ4v) is 3.90. The molecule has 0 atom stereocenters. The van der Waals surface area contributed by atoms with Gasteiger partial charge in [0.1, 0.15) is 12.2 Å². The summed E-state index contributed by atoms with van der Waals surface area (Å²) in [5.74, 6) is 0.534. The van der Waals surface area contributed by atoms with E-state index in [-0.39, 0.29) is 5.56 Å². The van der Waals surface area contributed by atoms with E-state index in [4.69, 9.17) is 0 Å². The number of hydrogen-bond donors (Lipinski definition) is 1. The van der Waals surface area contributed by atoms with Crippen molar-refractivity contribution in [2.24, 2.45) is 7.05 Å². The number of fused-ring (bicyclic) bond motifs is 2. The first-order chi connectivity index (χ1) is 13.7. The monoisotopic (exact) mass is 372 g/mol. The van der Waals surface area contributed by atoms with Crippen molar-refractivity contribution in [1.29, 1.82) is 0 Å². The second kappa shape index (κ2) is 6.69. The van der Waals surface area contributed by atoms with Crippen molar-refractivity contribution in [3.05, 3.63) is 76.4 Å². The van der Waals surface area contributed by atoms with E-state index in [9.17, 15) is 4.79 Å². The summed E-state index contributed by atoms with van der Waals surface area (Å²) in [7, 11) is 2.10. The van der Waals surface area contributed by atoms with Crippen LogP contribution in [0.4, 0.5) is 0 Å². The Morgan fingerprint density at radius 1 is 1.18 bits per heavy atom. The zero-order valence-corrected chi connectivity index (χ0v) is 15.6. The fourth-order valence-electron chi connectivity index (χ4n) is 3.90. The molecule has 1 aromatic carbocycles. The third kappa shape index (κ3) is 2.90. The van der Waals surface area contributed by atoms with Crippen molar-refractivity contribution in [3.63, 3.8) is 0 Å². The van der Waals surface area contributed by atoms with Gasteiger partial charge in [0.25, 0.3) is 5.56 Å². The van der Waals surface area contributed by atoms with Gasteiger partial charge in [-0.3, -0.25) is 9.69 Å². The minimum atomic E-state index is -0.0782. The third-order valence-corrected chi connectivity index (χ3v) is 5.42. The van der Waals surface area contributed by atoms with Crippen LogP contribution in [0.1, 0.15) is 17.0 Å². The van der Waals surface area contributed by atoms with Gasteiger partial charge in [-0.25, -0.2) is 15.0 Å². The van der Waals surface area contributed by atoms with Crippen LogP contribution in [0, 0.1) is 0 Å². The average molecular weight is 372 g/mol. The highest BCUT2D eigenvalue weighted by Crippen LogP contribution is 2.22. The Kier molecular flexibility index (Phi) is 4.02. The minimum Gasteiger partial charge on any atom is -0.346 e. The van der Waals surface area contributed by atoms with Crippen LogP contribution in [-0.4, -0.2) is 35.9 Å². The van der Waals surface area contributed by atoms with Gasteiger partial charge in [-0.1, -0.05) is 18.2 Å². The second-order valence-electron chi connectivity index (χ2n) is 7.18. The first-order valence-corrected chi connectivity index (χ1v) is 9.32. The molecule has 28 heavy (non-hydrogen) atoms. The van der Waals surface area contributed by atoms with E-state index in [2.05, 4.69) is 66.8 Å². The highest BCUT2D eigenvalue weighted by molar-refractivity contribution is 5.81. The van der Waals surface area contributed by atoms with Gasteiger partial charge in [0.2, 0.25) is 0 Å². The Hall–Kier alpha value is -3.32. The smallest absolute Gasteiger partial charge is 0.255 e. The first kappa shape index (κ1) is 16.8. The Morgan fingerprint density at radius 3 is 2.82 bits per heavy atom. The van der Waals surface area contributed by atoms with Gasteiger partial charge in [-0.05, 0) is 17.5 Å². The van der Waals surface area contributed by atoms with Crippen LogP contribution in [0.3, 0.4) is 0 Å². The summed E-state index contributed by atoms with van der Waals surface area (Å²) in [4.78, 5) is 30.6. The van der Waals surface area contributed by atoms with E-state index < -0.39 is 0 Å². The molecule has 0 radical (unpaired) electrons. The standard InChI is InChI=1S/C21H20N6O/c1-26-16(8-14-4-2-3-5-19(14)26)11-27-7-6-18-17(12-27)21(28)25-20(24-18)15-9-22-13-23-10-15/h2-5,8-10,13H,6-7,11-12H2,1H3,(H,24,25,28). The number of aromatic amines is 1. The molecule has 1 aliphatic heterocycles. The molecule has 1 aliphatic rings. The third-order valence-electron chi connectivity index (χ3n) is 5.42. The summed E-state index contributed by atoms with van der Waals surface area (Å²) >= 11 is 0. The van der Waals surface area contributed by atoms with E-state index in [0.717, 1.165) is 36.3 Å². The van der Waals surface area contributed by atoms with Crippen molar-refractivity contribution < 1.29 is 0 Å². The lowest BCUT2D eigenvalue weighted by molar-refractivity contribution is 0.237. The number of hydrogen-bond acceptors (Lipinski definition) is 5. The van der Waals surface area contributed by atoms with Crippen LogP contribution in [0.25, 0.3) is 22.3 Å². The molecule has 1 N–H and O–H groups in total. The highest BCUT2D eigenvalue weighted by Gasteiger charge is 2.22. The number of nitrogens with zero attached hydrogens (tertiary/aromatic N) is 5. The maximum absolute atomic E-state index is 12.7. The van der Waals surface area contributed by atoms with Gasteiger partial charge in [0.05, 0.1) is 16.8 Å². The molecule has 5 rings (SSSR count). The van der Waals surface area contributed by atoms with Gasteiger partial charge < -0.3 is 9.55 Å². The summed E-state index contributed by atoms with van der Waals surface area (Å²) in [6, 6.07) is 10.6. The molecule has 0 saturated heterocycles. The van der Waals surface area contributed by atoms with Gasteiger partial charge in [0.15, 0.2) is 0 Å². The summed E-state index contributed by atoms with van der Waals surface area (Å²) in [5, 5.41) is 1.24. The molecular formula is C21H20N6O. The Morgan fingerprint density at radius 2 is 2.00 bits per heavy atom. The summed E-state index contributed by atoms with van der Waals surface area (Å²) < 4.78 is 2.23. The zero-order valence-electron chi connectivity index (χ0n) is 15.6. The number of H-pyrrole nitrogens is 1. The van der Waals surface area contributed by atoms with Gasteiger partial charge >= 0.3 is 0 Å². The number of rotatable bonds is 3. The maximum atomic E-state index is 12.7. The average Bonchev–Trinajstić information content (AvgIpc) is 3.04. The normalized spacial score (nSPS) is 14.3. The predicted octanol–water partition coefficient (Wildman–Crippen LogP) is 2.28. The molecule has 0 saturated carbocycles. The molecule has 3 aromatic heterocycles. The molecule has 0 amide bonds. The van der Waals surface area contributed by atoms with E-state index >= 15 is 0 Å². The molecule has 4 aromatic rings. The summed E-state index contributed by atoms with van der Waals surface area (Å²) in [5.41, 5.74) is 4.74. The van der Waals surface area contributed by atoms with Crippen LogP contribution >= 0.6 is 0 Å². The highest BCUT2D eigenvalue weighted by atomic mass is 16.1. The molecule has 4 heterocycles. The van der Waals surface area contributed by atoms with E-state index in [1.165, 1.54) is 22.9 Å². The van der Waals surface area contributed by atoms with Crippen LogP contribution in [0.5, 0.6) is 0 Å². The van der Waals surface area contributed by atoms with Crippen molar-refractivity contribution in [2.45, 2.75) is 19.5 Å². The van der Waals surface area contributed by atoms with Crippen molar-refractivity contribution in [3.8, 4) is 11.4 Å². The number of aromatic nitrogens is 5. The molecule has 0 bridgehead atoms. The predicted molar refractivity (Wildman–Crippen MR) is 107 cm³/mol. The zero-order chi connectivity index (χ0) is 19.1. The van der Waals surface area contributed by atoms with Crippen LogP contribution in [0.15, 0.2) is 53.8 Å². The van der Waals surface area contributed by atoms with Crippen LogP contribution < -0.4 is 5.56 Å². The van der Waals surface area contributed by atoms with Crippen LogP contribution in [0.2, 0.25) is 0 Å². The lowest BCUT2D eigenvalue weighted by atomic mass is 10.1. The van der Waals surface area contributed by atoms with Gasteiger partial charge in [0, 0.05) is 56.7 Å². The number of nitrogens with one attached hydrogen (secondary N) is 1. The van der Waals surface area contributed by atoms with E-state index in [0.29, 0.717) is 12.4 Å². The van der Waals surface area contributed by atoms with Crippen molar-refractivity contribution in [2.75, 3.05) is 6.54 Å². The molecule has 0 spiro atoms. The fraction of sp³-hybridized carbons (Fsp3) is 0.238. The Labute approximate surface area is 161 Å². The molecule has 0 aliphatic carbocycles. The van der Waals surface area contributed by atoms with E-state index in [1.807, 2.05) is 0 Å². The molecule has 140 valence electrons. The quantitative estimate of drug-likeness (QED) is 0.597. The lowest BCUT2D eigenvalue weighted by Crippen LogP contribution is -2.35. The summed E-state index contributed by atoms with van der Waals surface area (Å²) in [6.45, 7) is 2.28. The Bertz CT molecular complexity index is 1210. The Balaban J connectivity index is 1.42. The SMILES string of the molecule is Cn1c(CN2CCc3nc(-c4cncnc4)[nH]c(=O)c3C2)cc2ccccc21. The molecular weight excluding hydrogens is 352 g/mol. The molecule has 7 heteroatoms. The van der Waals surface area contributed by atoms with E-state index in [1.54, 1.807) is 12.4 Å². The number of para-hydroxylation sites is 1. The molecule has 7 nitrogen and oxygen atoms in total. The topological polar surface area (TPSA) is 79.7 Å². The van der Waals surface area contributed by atoms with Gasteiger partial charge in [-0.2, -0.15) is 0 Å². The maximum Gasteiger partial charge on any atom is 0.255 e. The van der Waals surface area contributed by atoms with Crippen LogP contribution in [-0.2, 0) is 26.6 Å². The van der Waals surface area contributed by atoms with Crippen molar-refractivity contribution >= 4 is 10.9 Å². The molecule has 0 unspecified atom stereocenters. The summed E-state index contributed by atoms with van der Waals surface area (Å²) in [6.07, 6.45) is 5.54. The van der Waals surface area contributed by atoms with Gasteiger partial charge in [-0.15, -0.1) is 0 Å². The first-order valence-electron chi connectivity index (χ1n) is 9.32. The second-order valence-corrected chi connectivity index (χ2v) is 7.18. The number of benzene rings is 1. The minimum absolute atomic E-state index is 0.0782. The largest absolute Gasteiger partial charge is 0.346 e. The number of aryl methyl sites for hydroxylation is 1.